The SMILES string of the molecule is CNc1cc(Cn2ccnc2)ccc1OCC(=O)O. The maximum atomic E-state index is 10.5. The van der Waals surface area contributed by atoms with Crippen molar-refractivity contribution in [1.82, 2.24) is 9.55 Å². The highest BCUT2D eigenvalue weighted by Gasteiger charge is 2.06. The van der Waals surface area contributed by atoms with Gasteiger partial charge in [-0.15, -0.1) is 0 Å². The molecule has 0 fully saturated rings. The molecule has 1 heterocycles. The quantitative estimate of drug-likeness (QED) is 0.822. The molecule has 6 heteroatoms. The molecule has 0 aliphatic rings. The minimum atomic E-state index is -0.996. The number of nitrogens with zero attached hydrogens (tertiary/aromatic N) is 2. The Hall–Kier alpha value is -2.50. The molecular formula is C13H15N3O3. The van der Waals surface area contributed by atoms with Crippen LogP contribution in [0.4, 0.5) is 5.69 Å². The summed E-state index contributed by atoms with van der Waals surface area (Å²) in [6.07, 6.45) is 5.35. The van der Waals surface area contributed by atoms with Gasteiger partial charge >= 0.3 is 5.97 Å². The van der Waals surface area contributed by atoms with Crippen LogP contribution in [0.3, 0.4) is 0 Å². The molecule has 0 unspecified atom stereocenters. The molecule has 0 aliphatic carbocycles. The minimum Gasteiger partial charge on any atom is -0.480 e. The van der Waals surface area contributed by atoms with E-state index < -0.39 is 5.97 Å². The average molecular weight is 261 g/mol. The normalized spacial score (nSPS) is 10.2. The molecule has 0 aliphatic heterocycles. The topological polar surface area (TPSA) is 76.4 Å². The Kier molecular flexibility index (Phi) is 4.02. The fourth-order valence-corrected chi connectivity index (χ4v) is 1.73. The predicted octanol–water partition coefficient (Wildman–Crippen LogP) is 1.44. The van der Waals surface area contributed by atoms with Crippen molar-refractivity contribution in [3.8, 4) is 5.75 Å². The van der Waals surface area contributed by atoms with E-state index in [0.29, 0.717) is 12.3 Å². The number of carbonyl (C=O) groups is 1. The van der Waals surface area contributed by atoms with Crippen LogP contribution in [0, 0.1) is 0 Å². The van der Waals surface area contributed by atoms with Crippen molar-refractivity contribution in [2.75, 3.05) is 19.0 Å². The fourth-order valence-electron chi connectivity index (χ4n) is 1.73. The zero-order valence-corrected chi connectivity index (χ0v) is 10.5. The second-order valence-electron chi connectivity index (χ2n) is 4.00. The summed E-state index contributed by atoms with van der Waals surface area (Å²) in [5.74, 6) is -0.469. The molecule has 2 rings (SSSR count). The first kappa shape index (κ1) is 12.9. The number of ether oxygens (including phenoxy) is 1. The standard InChI is InChI=1S/C13H15N3O3/c1-14-11-6-10(7-16-5-4-15-9-16)2-3-12(11)19-8-13(17)18/h2-6,9,14H,7-8H2,1H3,(H,17,18). The molecule has 1 aromatic carbocycles. The van der Waals surface area contributed by atoms with Crippen molar-refractivity contribution >= 4 is 11.7 Å². The van der Waals surface area contributed by atoms with Gasteiger partial charge in [-0.05, 0) is 17.7 Å². The number of aliphatic carboxylic acids is 1. The van der Waals surface area contributed by atoms with E-state index in [9.17, 15) is 4.79 Å². The Balaban J connectivity index is 2.13. The molecule has 0 saturated carbocycles. The van der Waals surface area contributed by atoms with Crippen LogP contribution in [0.25, 0.3) is 0 Å². The van der Waals surface area contributed by atoms with E-state index in [2.05, 4.69) is 10.3 Å². The molecule has 0 saturated heterocycles. The first-order chi connectivity index (χ1) is 9.19. The number of nitrogens with one attached hydrogen (secondary N) is 1. The third-order valence-corrected chi connectivity index (χ3v) is 2.59. The summed E-state index contributed by atoms with van der Waals surface area (Å²) in [6, 6.07) is 5.59. The number of hydrogen-bond acceptors (Lipinski definition) is 4. The molecule has 0 bridgehead atoms. The van der Waals surface area contributed by atoms with Crippen LogP contribution >= 0.6 is 0 Å². The third kappa shape index (κ3) is 3.48. The Labute approximate surface area is 110 Å². The first-order valence-corrected chi connectivity index (χ1v) is 5.80. The Morgan fingerprint density at radius 2 is 2.37 bits per heavy atom. The average Bonchev–Trinajstić information content (AvgIpc) is 2.89. The van der Waals surface area contributed by atoms with Gasteiger partial charge in [-0.25, -0.2) is 9.78 Å². The number of anilines is 1. The lowest BCUT2D eigenvalue weighted by atomic mass is 10.2. The monoisotopic (exact) mass is 261 g/mol. The Bertz CT molecular complexity index is 552. The van der Waals surface area contributed by atoms with Crippen LogP contribution in [-0.2, 0) is 11.3 Å². The van der Waals surface area contributed by atoms with Crippen molar-refractivity contribution in [1.29, 1.82) is 0 Å². The summed E-state index contributed by atoms with van der Waals surface area (Å²) in [5.41, 5.74) is 1.84. The molecule has 1 aromatic heterocycles. The van der Waals surface area contributed by atoms with E-state index in [0.717, 1.165) is 11.3 Å². The number of carboxylic acids is 1. The zero-order chi connectivity index (χ0) is 13.7. The molecule has 100 valence electrons. The van der Waals surface area contributed by atoms with Gasteiger partial charge in [0.25, 0.3) is 0 Å². The van der Waals surface area contributed by atoms with Gasteiger partial charge in [0.15, 0.2) is 6.61 Å². The highest BCUT2D eigenvalue weighted by Crippen LogP contribution is 2.25. The molecule has 0 atom stereocenters. The van der Waals surface area contributed by atoms with Gasteiger partial charge in [0.05, 0.1) is 12.0 Å². The van der Waals surface area contributed by atoms with Gasteiger partial charge in [0.1, 0.15) is 5.75 Å². The van der Waals surface area contributed by atoms with E-state index in [-0.39, 0.29) is 6.61 Å². The van der Waals surface area contributed by atoms with Crippen LogP contribution < -0.4 is 10.1 Å². The number of benzene rings is 1. The lowest BCUT2D eigenvalue weighted by molar-refractivity contribution is -0.139. The lowest BCUT2D eigenvalue weighted by Gasteiger charge is -2.12. The van der Waals surface area contributed by atoms with Gasteiger partial charge in [-0.1, -0.05) is 6.07 Å². The second kappa shape index (κ2) is 5.90. The number of aromatic nitrogens is 2. The van der Waals surface area contributed by atoms with Gasteiger partial charge in [-0.3, -0.25) is 0 Å². The smallest absolute Gasteiger partial charge is 0.341 e. The molecule has 2 aromatic rings. The van der Waals surface area contributed by atoms with Gasteiger partial charge < -0.3 is 19.7 Å². The van der Waals surface area contributed by atoms with Crippen LogP contribution in [0.5, 0.6) is 5.75 Å². The second-order valence-corrected chi connectivity index (χ2v) is 4.00. The van der Waals surface area contributed by atoms with Crippen molar-refractivity contribution in [2.45, 2.75) is 6.54 Å². The summed E-state index contributed by atoms with van der Waals surface area (Å²) in [6.45, 7) is 0.351. The highest BCUT2D eigenvalue weighted by molar-refractivity contribution is 5.69. The first-order valence-electron chi connectivity index (χ1n) is 5.80. The van der Waals surface area contributed by atoms with Gasteiger partial charge in [-0.2, -0.15) is 0 Å². The Morgan fingerprint density at radius 3 is 3.00 bits per heavy atom. The number of imidazole rings is 1. The molecule has 0 amide bonds. The van der Waals surface area contributed by atoms with Crippen LogP contribution in [0.1, 0.15) is 5.56 Å². The van der Waals surface area contributed by atoms with Crippen LogP contribution in [0.15, 0.2) is 36.9 Å². The van der Waals surface area contributed by atoms with Crippen LogP contribution in [0.2, 0.25) is 0 Å². The van der Waals surface area contributed by atoms with Crippen molar-refractivity contribution < 1.29 is 14.6 Å². The maximum absolute atomic E-state index is 10.5. The largest absolute Gasteiger partial charge is 0.480 e. The molecule has 0 radical (unpaired) electrons. The fraction of sp³-hybridized carbons (Fsp3) is 0.231. The summed E-state index contributed by atoms with van der Waals surface area (Å²) in [4.78, 5) is 14.5. The molecular weight excluding hydrogens is 246 g/mol. The molecule has 2 N–H and O–H groups in total. The van der Waals surface area contributed by atoms with E-state index in [1.54, 1.807) is 25.6 Å². The van der Waals surface area contributed by atoms with Crippen molar-refractivity contribution in [2.24, 2.45) is 0 Å². The molecule has 0 spiro atoms. The zero-order valence-electron chi connectivity index (χ0n) is 10.5. The lowest BCUT2D eigenvalue weighted by Crippen LogP contribution is -2.10. The summed E-state index contributed by atoms with van der Waals surface area (Å²) < 4.78 is 7.15. The predicted molar refractivity (Wildman–Crippen MR) is 70.4 cm³/mol. The number of carboxylic acid groups (broad SMARTS) is 1. The number of rotatable bonds is 6. The summed E-state index contributed by atoms with van der Waals surface area (Å²) in [7, 11) is 1.77. The Morgan fingerprint density at radius 1 is 1.53 bits per heavy atom. The maximum Gasteiger partial charge on any atom is 0.341 e. The summed E-state index contributed by atoms with van der Waals surface area (Å²) >= 11 is 0. The highest BCUT2D eigenvalue weighted by atomic mass is 16.5. The van der Waals surface area contributed by atoms with E-state index in [1.807, 2.05) is 22.9 Å². The van der Waals surface area contributed by atoms with E-state index >= 15 is 0 Å². The van der Waals surface area contributed by atoms with Gasteiger partial charge in [0.2, 0.25) is 0 Å². The van der Waals surface area contributed by atoms with Crippen LogP contribution in [-0.4, -0.2) is 34.3 Å². The van der Waals surface area contributed by atoms with E-state index in [1.165, 1.54) is 0 Å². The van der Waals surface area contributed by atoms with Crippen molar-refractivity contribution in [3.63, 3.8) is 0 Å². The molecule has 19 heavy (non-hydrogen) atoms. The third-order valence-electron chi connectivity index (χ3n) is 2.59. The number of hydrogen-bond donors (Lipinski definition) is 2. The molecule has 6 nitrogen and oxygen atoms in total. The van der Waals surface area contributed by atoms with Crippen molar-refractivity contribution in [3.05, 3.63) is 42.5 Å². The van der Waals surface area contributed by atoms with Gasteiger partial charge in [0, 0.05) is 26.0 Å². The summed E-state index contributed by atoms with van der Waals surface area (Å²) in [5, 5.41) is 11.6. The van der Waals surface area contributed by atoms with E-state index in [4.69, 9.17) is 9.84 Å². The minimum absolute atomic E-state index is 0.352.